The number of hydrogen-bond acceptors (Lipinski definition) is 3. The lowest BCUT2D eigenvalue weighted by molar-refractivity contribution is 0.158. The summed E-state index contributed by atoms with van der Waals surface area (Å²) in [7, 11) is 0. The molecule has 0 spiro atoms. The molecule has 0 aliphatic carbocycles. The predicted octanol–water partition coefficient (Wildman–Crippen LogP) is 2.90. The topological polar surface area (TPSA) is 27.0 Å². The Hall–Kier alpha value is -0.200. The van der Waals surface area contributed by atoms with Crippen molar-refractivity contribution < 1.29 is 0 Å². The zero-order valence-electron chi connectivity index (χ0n) is 10.1. The second kappa shape index (κ2) is 5.77. The molecule has 1 atom stereocenters. The Bertz CT molecular complexity index is 226. The molecule has 86 valence electrons. The molecular formula is C12H22N2S. The van der Waals surface area contributed by atoms with Crippen LogP contribution in [0.2, 0.25) is 0 Å². The molecule has 1 aliphatic heterocycles. The van der Waals surface area contributed by atoms with Gasteiger partial charge in [-0.3, -0.25) is 0 Å². The molecule has 1 aliphatic rings. The fraction of sp³-hybridized carbons (Fsp3) is 0.917. The van der Waals surface area contributed by atoms with Crippen molar-refractivity contribution >= 4 is 11.8 Å². The summed E-state index contributed by atoms with van der Waals surface area (Å²) in [5.41, 5.74) is 0. The van der Waals surface area contributed by atoms with Gasteiger partial charge in [0.15, 0.2) is 0 Å². The average molecular weight is 226 g/mol. The molecule has 0 aromatic heterocycles. The van der Waals surface area contributed by atoms with Crippen molar-refractivity contribution in [3.8, 4) is 6.07 Å². The highest BCUT2D eigenvalue weighted by atomic mass is 32.2. The van der Waals surface area contributed by atoms with Gasteiger partial charge in [-0.25, -0.2) is 0 Å². The van der Waals surface area contributed by atoms with Crippen LogP contribution < -0.4 is 0 Å². The number of nitriles is 1. The van der Waals surface area contributed by atoms with Crippen LogP contribution in [0.1, 0.15) is 39.5 Å². The van der Waals surface area contributed by atoms with E-state index in [-0.39, 0.29) is 4.75 Å². The largest absolute Gasteiger partial charge is 0.300 e. The maximum Gasteiger partial charge on any atom is 0.104 e. The van der Waals surface area contributed by atoms with Crippen molar-refractivity contribution in [3.05, 3.63) is 0 Å². The van der Waals surface area contributed by atoms with Gasteiger partial charge in [-0.15, -0.1) is 11.8 Å². The van der Waals surface area contributed by atoms with Crippen LogP contribution in [0.3, 0.4) is 0 Å². The maximum atomic E-state index is 9.18. The van der Waals surface area contributed by atoms with Crippen LogP contribution in [-0.2, 0) is 0 Å². The van der Waals surface area contributed by atoms with E-state index < -0.39 is 0 Å². The van der Waals surface area contributed by atoms with Crippen molar-refractivity contribution in [2.24, 2.45) is 0 Å². The standard InChI is InChI=1S/C12H22N2S/c1-4-5-11(2)14-8-6-12(10-13,15-3)7-9-14/h11H,4-9H2,1-3H3. The Morgan fingerprint density at radius 3 is 2.47 bits per heavy atom. The molecule has 2 nitrogen and oxygen atoms in total. The SMILES string of the molecule is CCCC(C)N1CCC(C#N)(SC)CC1. The number of nitrogens with zero attached hydrogens (tertiary/aromatic N) is 2. The number of rotatable bonds is 4. The third-order valence-corrected chi connectivity index (χ3v) is 4.81. The van der Waals surface area contributed by atoms with E-state index in [0.717, 1.165) is 25.9 Å². The fourth-order valence-electron chi connectivity index (χ4n) is 2.29. The van der Waals surface area contributed by atoms with Crippen LogP contribution >= 0.6 is 11.8 Å². The summed E-state index contributed by atoms with van der Waals surface area (Å²) in [6.07, 6.45) is 6.65. The number of thioether (sulfide) groups is 1. The Morgan fingerprint density at radius 1 is 1.47 bits per heavy atom. The van der Waals surface area contributed by atoms with E-state index in [9.17, 15) is 5.26 Å². The fourth-order valence-corrected chi connectivity index (χ4v) is 2.97. The molecule has 15 heavy (non-hydrogen) atoms. The summed E-state index contributed by atoms with van der Waals surface area (Å²) in [6, 6.07) is 3.18. The molecule has 1 unspecified atom stereocenters. The lowest BCUT2D eigenvalue weighted by Crippen LogP contribution is -2.45. The summed E-state index contributed by atoms with van der Waals surface area (Å²) in [4.78, 5) is 2.54. The van der Waals surface area contributed by atoms with Crippen LogP contribution in [0.15, 0.2) is 0 Å². The molecular weight excluding hydrogens is 204 g/mol. The summed E-state index contributed by atoms with van der Waals surface area (Å²) >= 11 is 1.73. The zero-order chi connectivity index (χ0) is 11.3. The van der Waals surface area contributed by atoms with Crippen LogP contribution in [0.25, 0.3) is 0 Å². The molecule has 0 amide bonds. The predicted molar refractivity (Wildman–Crippen MR) is 67.0 cm³/mol. The van der Waals surface area contributed by atoms with E-state index in [4.69, 9.17) is 0 Å². The first-order valence-corrected chi connectivity index (χ1v) is 7.10. The van der Waals surface area contributed by atoms with Gasteiger partial charge >= 0.3 is 0 Å². The minimum atomic E-state index is -0.0948. The van der Waals surface area contributed by atoms with Gasteiger partial charge in [0, 0.05) is 19.1 Å². The van der Waals surface area contributed by atoms with Crippen LogP contribution in [0.5, 0.6) is 0 Å². The van der Waals surface area contributed by atoms with E-state index in [0.29, 0.717) is 6.04 Å². The van der Waals surface area contributed by atoms with Gasteiger partial charge < -0.3 is 4.90 Å². The normalized spacial score (nSPS) is 23.3. The smallest absolute Gasteiger partial charge is 0.104 e. The van der Waals surface area contributed by atoms with E-state index in [1.165, 1.54) is 12.8 Å². The van der Waals surface area contributed by atoms with Crippen molar-refractivity contribution in [1.29, 1.82) is 5.26 Å². The lowest BCUT2D eigenvalue weighted by Gasteiger charge is -2.39. The lowest BCUT2D eigenvalue weighted by atomic mass is 9.95. The molecule has 1 rings (SSSR count). The first kappa shape index (κ1) is 12.9. The van der Waals surface area contributed by atoms with Gasteiger partial charge in [0.2, 0.25) is 0 Å². The van der Waals surface area contributed by atoms with Crippen LogP contribution in [0, 0.1) is 11.3 Å². The Labute approximate surface area is 98.0 Å². The molecule has 0 N–H and O–H groups in total. The Balaban J connectivity index is 2.45. The highest BCUT2D eigenvalue weighted by Gasteiger charge is 2.34. The molecule has 0 radical (unpaired) electrons. The minimum absolute atomic E-state index is 0.0948. The second-order valence-corrected chi connectivity index (χ2v) is 5.67. The van der Waals surface area contributed by atoms with Crippen LogP contribution in [-0.4, -0.2) is 35.0 Å². The first-order valence-electron chi connectivity index (χ1n) is 5.88. The van der Waals surface area contributed by atoms with Gasteiger partial charge in [0.1, 0.15) is 4.75 Å². The molecule has 3 heteroatoms. The van der Waals surface area contributed by atoms with E-state index in [2.05, 4.69) is 31.1 Å². The third kappa shape index (κ3) is 3.12. The first-order chi connectivity index (χ1) is 7.17. The monoisotopic (exact) mass is 226 g/mol. The molecule has 0 aromatic rings. The van der Waals surface area contributed by atoms with Crippen molar-refractivity contribution in [2.45, 2.75) is 50.3 Å². The maximum absolute atomic E-state index is 9.18. The Morgan fingerprint density at radius 2 is 2.07 bits per heavy atom. The zero-order valence-corrected chi connectivity index (χ0v) is 10.9. The quantitative estimate of drug-likeness (QED) is 0.737. The highest BCUT2D eigenvalue weighted by molar-refractivity contribution is 8.00. The molecule has 0 bridgehead atoms. The van der Waals surface area contributed by atoms with Crippen molar-refractivity contribution in [3.63, 3.8) is 0 Å². The van der Waals surface area contributed by atoms with Crippen LogP contribution in [0.4, 0.5) is 0 Å². The van der Waals surface area contributed by atoms with Gasteiger partial charge in [-0.05, 0) is 32.4 Å². The summed E-state index contributed by atoms with van der Waals surface area (Å²) < 4.78 is -0.0948. The Kier molecular flexibility index (Phi) is 4.95. The summed E-state index contributed by atoms with van der Waals surface area (Å²) in [6.45, 7) is 6.73. The molecule has 0 saturated carbocycles. The van der Waals surface area contributed by atoms with Crippen molar-refractivity contribution in [1.82, 2.24) is 4.90 Å². The number of piperidine rings is 1. The second-order valence-electron chi connectivity index (χ2n) is 4.48. The van der Waals surface area contributed by atoms with Crippen molar-refractivity contribution in [2.75, 3.05) is 19.3 Å². The van der Waals surface area contributed by atoms with E-state index >= 15 is 0 Å². The molecule has 0 aromatic carbocycles. The minimum Gasteiger partial charge on any atom is -0.300 e. The van der Waals surface area contributed by atoms with Gasteiger partial charge in [0.25, 0.3) is 0 Å². The van der Waals surface area contributed by atoms with E-state index in [1.54, 1.807) is 11.8 Å². The van der Waals surface area contributed by atoms with Gasteiger partial charge in [-0.2, -0.15) is 5.26 Å². The van der Waals surface area contributed by atoms with Gasteiger partial charge in [0.05, 0.1) is 6.07 Å². The summed E-state index contributed by atoms with van der Waals surface area (Å²) in [5.74, 6) is 0. The molecule has 1 fully saturated rings. The number of hydrogen-bond donors (Lipinski definition) is 0. The van der Waals surface area contributed by atoms with E-state index in [1.807, 2.05) is 0 Å². The van der Waals surface area contributed by atoms with Gasteiger partial charge in [-0.1, -0.05) is 13.3 Å². The molecule has 1 heterocycles. The highest BCUT2D eigenvalue weighted by Crippen LogP contribution is 2.34. The third-order valence-electron chi connectivity index (χ3n) is 3.53. The summed E-state index contributed by atoms with van der Waals surface area (Å²) in [5, 5.41) is 9.18. The molecule has 1 saturated heterocycles. The average Bonchev–Trinajstić information content (AvgIpc) is 2.29. The number of likely N-dealkylation sites (tertiary alicyclic amines) is 1.